The van der Waals surface area contributed by atoms with E-state index in [0.29, 0.717) is 12.8 Å². The minimum atomic E-state index is -0.389. The first kappa shape index (κ1) is 8.77. The van der Waals surface area contributed by atoms with Crippen LogP contribution in [-0.2, 0) is 4.79 Å². The van der Waals surface area contributed by atoms with Gasteiger partial charge in [-0.05, 0) is 12.8 Å². The molecule has 53 valence electrons. The molecule has 2 nitrogen and oxygen atoms in total. The Hall–Kier alpha value is -1.23. The molecule has 0 spiro atoms. The summed E-state index contributed by atoms with van der Waals surface area (Å²) in [6.45, 7) is 3.47. The second-order valence-corrected chi connectivity index (χ2v) is 2.00. The minimum absolute atomic E-state index is 0.293. The molecule has 0 aromatic heterocycles. The van der Waals surface area contributed by atoms with E-state index in [1.807, 2.05) is 0 Å². The maximum Gasteiger partial charge on any atom is 0.221 e. The van der Waals surface area contributed by atoms with Crippen LogP contribution in [0, 0.1) is 18.3 Å². The zero-order chi connectivity index (χ0) is 7.98. The molecular formula is C8H10NO. The topological polar surface area (TPSA) is 43.1 Å². The highest BCUT2D eigenvalue weighted by atomic mass is 16.1. The van der Waals surface area contributed by atoms with Gasteiger partial charge >= 0.3 is 0 Å². The van der Waals surface area contributed by atoms with Crippen LogP contribution in [0.3, 0.4) is 0 Å². The number of nitrogens with two attached hydrogens (primary N) is 1. The SMILES string of the molecule is [C]#CCC(CC=C)C(N)=O. The van der Waals surface area contributed by atoms with E-state index >= 15 is 0 Å². The molecule has 1 unspecified atom stereocenters. The Morgan fingerprint density at radius 3 is 2.80 bits per heavy atom. The summed E-state index contributed by atoms with van der Waals surface area (Å²) < 4.78 is 0. The monoisotopic (exact) mass is 136 g/mol. The van der Waals surface area contributed by atoms with Gasteiger partial charge in [-0.1, -0.05) is 12.0 Å². The molecule has 0 saturated carbocycles. The lowest BCUT2D eigenvalue weighted by molar-refractivity contribution is -0.121. The van der Waals surface area contributed by atoms with Crippen molar-refractivity contribution in [3.8, 4) is 5.92 Å². The molecule has 0 fully saturated rings. The van der Waals surface area contributed by atoms with Gasteiger partial charge in [0, 0.05) is 6.42 Å². The summed E-state index contributed by atoms with van der Waals surface area (Å²) in [5, 5.41) is 0. The fraction of sp³-hybridized carbons (Fsp3) is 0.375. The summed E-state index contributed by atoms with van der Waals surface area (Å²) in [4.78, 5) is 10.5. The van der Waals surface area contributed by atoms with Gasteiger partial charge in [-0.2, -0.15) is 0 Å². The van der Waals surface area contributed by atoms with E-state index in [1.165, 1.54) is 0 Å². The van der Waals surface area contributed by atoms with Gasteiger partial charge in [0.05, 0.1) is 5.92 Å². The van der Waals surface area contributed by atoms with Crippen LogP contribution in [0.2, 0.25) is 0 Å². The first-order valence-corrected chi connectivity index (χ1v) is 3.02. The van der Waals surface area contributed by atoms with Crippen LogP contribution in [0.4, 0.5) is 0 Å². The molecule has 1 atom stereocenters. The Bertz CT molecular complexity index is 167. The van der Waals surface area contributed by atoms with Crippen molar-refractivity contribution < 1.29 is 4.79 Å². The van der Waals surface area contributed by atoms with Crippen molar-refractivity contribution in [1.82, 2.24) is 0 Å². The maximum atomic E-state index is 10.5. The molecule has 0 aromatic rings. The van der Waals surface area contributed by atoms with Crippen LogP contribution in [0.5, 0.6) is 0 Å². The molecule has 0 rings (SSSR count). The highest BCUT2D eigenvalue weighted by molar-refractivity contribution is 5.77. The quantitative estimate of drug-likeness (QED) is 0.447. The van der Waals surface area contributed by atoms with Crippen molar-refractivity contribution in [2.45, 2.75) is 12.8 Å². The lowest BCUT2D eigenvalue weighted by atomic mass is 10.0. The average Bonchev–Trinajstić information content (AvgIpc) is 1.87. The fourth-order valence-electron chi connectivity index (χ4n) is 0.624. The van der Waals surface area contributed by atoms with Gasteiger partial charge < -0.3 is 5.73 Å². The van der Waals surface area contributed by atoms with E-state index in [-0.39, 0.29) is 11.8 Å². The summed E-state index contributed by atoms with van der Waals surface area (Å²) in [5.41, 5.74) is 5.00. The maximum absolute atomic E-state index is 10.5. The number of carbonyl (C=O) groups excluding carboxylic acids is 1. The van der Waals surface area contributed by atoms with E-state index in [2.05, 4.69) is 12.5 Å². The van der Waals surface area contributed by atoms with Crippen molar-refractivity contribution in [3.63, 3.8) is 0 Å². The molecule has 0 aliphatic heterocycles. The molecule has 0 heterocycles. The number of carbonyl (C=O) groups is 1. The highest BCUT2D eigenvalue weighted by Gasteiger charge is 2.10. The normalized spacial score (nSPS) is 11.5. The third-order valence-corrected chi connectivity index (χ3v) is 1.20. The Balaban J connectivity index is 3.86. The number of hydrogen-bond acceptors (Lipinski definition) is 1. The molecule has 0 aliphatic carbocycles. The van der Waals surface area contributed by atoms with Crippen LogP contribution in [0.25, 0.3) is 0 Å². The first-order chi connectivity index (χ1) is 4.72. The predicted molar refractivity (Wildman–Crippen MR) is 39.2 cm³/mol. The fourth-order valence-corrected chi connectivity index (χ4v) is 0.624. The van der Waals surface area contributed by atoms with E-state index < -0.39 is 0 Å². The molecule has 1 radical (unpaired) electrons. The average molecular weight is 136 g/mol. The molecule has 2 heteroatoms. The summed E-state index contributed by atoms with van der Waals surface area (Å²) in [6, 6.07) is 0. The number of rotatable bonds is 4. The number of allylic oxidation sites excluding steroid dienone is 1. The van der Waals surface area contributed by atoms with Crippen LogP contribution in [0.1, 0.15) is 12.8 Å². The molecule has 1 amide bonds. The molecule has 2 N–H and O–H groups in total. The number of amides is 1. The minimum Gasteiger partial charge on any atom is -0.369 e. The van der Waals surface area contributed by atoms with Crippen LogP contribution >= 0.6 is 0 Å². The van der Waals surface area contributed by atoms with E-state index in [0.717, 1.165) is 0 Å². The van der Waals surface area contributed by atoms with Crippen LogP contribution < -0.4 is 5.73 Å². The Morgan fingerprint density at radius 2 is 2.50 bits per heavy atom. The van der Waals surface area contributed by atoms with Gasteiger partial charge in [0.15, 0.2) is 0 Å². The molecule has 0 bridgehead atoms. The van der Waals surface area contributed by atoms with Crippen molar-refractivity contribution in [1.29, 1.82) is 0 Å². The summed E-state index contributed by atoms with van der Waals surface area (Å²) in [7, 11) is 0. The van der Waals surface area contributed by atoms with Crippen molar-refractivity contribution >= 4 is 5.91 Å². The van der Waals surface area contributed by atoms with Gasteiger partial charge in [-0.25, -0.2) is 0 Å². The van der Waals surface area contributed by atoms with Gasteiger partial charge in [0.2, 0.25) is 5.91 Å². The van der Waals surface area contributed by atoms with E-state index in [1.54, 1.807) is 6.08 Å². The zero-order valence-corrected chi connectivity index (χ0v) is 5.76. The smallest absolute Gasteiger partial charge is 0.221 e. The van der Waals surface area contributed by atoms with E-state index in [9.17, 15) is 4.79 Å². The molecule has 10 heavy (non-hydrogen) atoms. The van der Waals surface area contributed by atoms with Crippen LogP contribution in [-0.4, -0.2) is 5.91 Å². The summed E-state index contributed by atoms with van der Waals surface area (Å²) >= 11 is 0. The molecule has 0 saturated heterocycles. The van der Waals surface area contributed by atoms with Gasteiger partial charge in [0.25, 0.3) is 0 Å². The second kappa shape index (κ2) is 4.63. The van der Waals surface area contributed by atoms with Crippen LogP contribution in [0.15, 0.2) is 12.7 Å². The van der Waals surface area contributed by atoms with Gasteiger partial charge in [-0.15, -0.1) is 6.58 Å². The van der Waals surface area contributed by atoms with Crippen molar-refractivity contribution in [3.05, 3.63) is 19.1 Å². The highest BCUT2D eigenvalue weighted by Crippen LogP contribution is 2.06. The number of hydrogen-bond donors (Lipinski definition) is 1. The molecule has 0 aliphatic rings. The van der Waals surface area contributed by atoms with Crippen molar-refractivity contribution in [2.75, 3.05) is 0 Å². The third kappa shape index (κ3) is 2.93. The van der Waals surface area contributed by atoms with Gasteiger partial charge in [-0.3, -0.25) is 4.79 Å². The summed E-state index contributed by atoms with van der Waals surface area (Å²) in [6.07, 6.45) is 9.05. The predicted octanol–water partition coefficient (Wildman–Crippen LogP) is 0.644. The third-order valence-electron chi connectivity index (χ3n) is 1.20. The molecule has 0 aromatic carbocycles. The first-order valence-electron chi connectivity index (χ1n) is 3.02. The Morgan fingerprint density at radius 1 is 1.90 bits per heavy atom. The summed E-state index contributed by atoms with van der Waals surface area (Å²) in [5.74, 6) is 1.45. The Kier molecular flexibility index (Phi) is 4.06. The standard InChI is InChI=1S/C8H10NO/c1-3-5-7(6-4-2)8(9)10/h3,7H,1,5-6H2,(H2,9,10). The zero-order valence-electron chi connectivity index (χ0n) is 5.76. The lowest BCUT2D eigenvalue weighted by Crippen LogP contribution is -2.22. The Labute approximate surface area is 61.1 Å². The lowest BCUT2D eigenvalue weighted by Gasteiger charge is -2.04. The number of primary amides is 1. The van der Waals surface area contributed by atoms with Gasteiger partial charge in [0.1, 0.15) is 0 Å². The second-order valence-electron chi connectivity index (χ2n) is 2.00. The molecular weight excluding hydrogens is 126 g/mol. The van der Waals surface area contributed by atoms with E-state index in [4.69, 9.17) is 12.2 Å². The largest absolute Gasteiger partial charge is 0.369 e. The van der Waals surface area contributed by atoms with Crippen molar-refractivity contribution in [2.24, 2.45) is 11.7 Å².